The molecule has 0 spiro atoms. The number of nitrogens with zero attached hydrogens (tertiary/aromatic N) is 2. The molecule has 0 fully saturated rings. The third-order valence-corrected chi connectivity index (χ3v) is 3.79. The van der Waals surface area contributed by atoms with Gasteiger partial charge in [0.1, 0.15) is 0 Å². The van der Waals surface area contributed by atoms with Crippen LogP contribution in [0.1, 0.15) is 42.1 Å². The molecular weight excluding hydrogens is 224 g/mol. The monoisotopic (exact) mass is 242 g/mol. The van der Waals surface area contributed by atoms with E-state index in [2.05, 4.69) is 29.4 Å². The van der Waals surface area contributed by atoms with Crippen molar-refractivity contribution in [3.8, 4) is 0 Å². The molecule has 94 valence electrons. The largest absolute Gasteiger partial charge is 0.388 e. The molecule has 2 atom stereocenters. The first-order chi connectivity index (χ1) is 8.78. The lowest BCUT2D eigenvalue weighted by molar-refractivity contribution is 0.173. The number of hydrogen-bond donors (Lipinski definition) is 1. The SMILES string of the molecule is CCC(O)c1cnn(CC2Cc3ccccc32)c1. The number of aromatic nitrogens is 2. The lowest BCUT2D eigenvalue weighted by Gasteiger charge is -2.29. The first kappa shape index (κ1) is 11.5. The summed E-state index contributed by atoms with van der Waals surface area (Å²) in [7, 11) is 0. The third-order valence-electron chi connectivity index (χ3n) is 3.79. The van der Waals surface area contributed by atoms with Crippen molar-refractivity contribution in [1.82, 2.24) is 9.78 Å². The van der Waals surface area contributed by atoms with Crippen LogP contribution < -0.4 is 0 Å². The van der Waals surface area contributed by atoms with Gasteiger partial charge in [0.05, 0.1) is 12.3 Å². The first-order valence-electron chi connectivity index (χ1n) is 6.56. The van der Waals surface area contributed by atoms with Gasteiger partial charge in [0.25, 0.3) is 0 Å². The van der Waals surface area contributed by atoms with Gasteiger partial charge in [-0.15, -0.1) is 0 Å². The van der Waals surface area contributed by atoms with Crippen molar-refractivity contribution in [1.29, 1.82) is 0 Å². The van der Waals surface area contributed by atoms with E-state index in [0.717, 1.165) is 24.9 Å². The molecule has 1 aliphatic rings. The van der Waals surface area contributed by atoms with Gasteiger partial charge in [0.2, 0.25) is 0 Å². The average molecular weight is 242 g/mol. The van der Waals surface area contributed by atoms with E-state index < -0.39 is 0 Å². The van der Waals surface area contributed by atoms with Crippen LogP contribution in [0, 0.1) is 0 Å². The van der Waals surface area contributed by atoms with Crippen LogP contribution in [0.5, 0.6) is 0 Å². The summed E-state index contributed by atoms with van der Waals surface area (Å²) in [4.78, 5) is 0. The Bertz CT molecular complexity index is 547. The van der Waals surface area contributed by atoms with Crippen LogP contribution in [0.4, 0.5) is 0 Å². The van der Waals surface area contributed by atoms with Crippen LogP contribution in [0.15, 0.2) is 36.7 Å². The van der Waals surface area contributed by atoms with Crippen LogP contribution in [-0.2, 0) is 13.0 Å². The fourth-order valence-corrected chi connectivity index (χ4v) is 2.64. The minimum Gasteiger partial charge on any atom is -0.388 e. The van der Waals surface area contributed by atoms with E-state index in [1.807, 2.05) is 17.8 Å². The predicted octanol–water partition coefficient (Wildman–Crippen LogP) is 2.67. The minimum absolute atomic E-state index is 0.382. The molecule has 0 bridgehead atoms. The zero-order valence-corrected chi connectivity index (χ0v) is 10.6. The fourth-order valence-electron chi connectivity index (χ4n) is 2.64. The van der Waals surface area contributed by atoms with Crippen molar-refractivity contribution in [2.45, 2.75) is 38.3 Å². The summed E-state index contributed by atoms with van der Waals surface area (Å²) in [6.07, 6.45) is 5.24. The molecule has 18 heavy (non-hydrogen) atoms. The van der Waals surface area contributed by atoms with Gasteiger partial charge in [-0.05, 0) is 24.0 Å². The van der Waals surface area contributed by atoms with E-state index in [-0.39, 0.29) is 6.10 Å². The molecule has 3 heteroatoms. The summed E-state index contributed by atoms with van der Waals surface area (Å²) in [5.41, 5.74) is 3.83. The van der Waals surface area contributed by atoms with E-state index in [1.165, 1.54) is 11.1 Å². The molecular formula is C15H18N2O. The van der Waals surface area contributed by atoms with Gasteiger partial charge >= 0.3 is 0 Å². The number of aliphatic hydroxyl groups excluding tert-OH is 1. The van der Waals surface area contributed by atoms with E-state index in [4.69, 9.17) is 0 Å². The van der Waals surface area contributed by atoms with Crippen LogP contribution in [0.3, 0.4) is 0 Å². The van der Waals surface area contributed by atoms with Gasteiger partial charge in [-0.2, -0.15) is 5.10 Å². The highest BCUT2D eigenvalue weighted by Crippen LogP contribution is 2.35. The highest BCUT2D eigenvalue weighted by atomic mass is 16.3. The van der Waals surface area contributed by atoms with Crippen molar-refractivity contribution in [2.75, 3.05) is 0 Å². The summed E-state index contributed by atoms with van der Waals surface area (Å²) in [6, 6.07) is 8.59. The second kappa shape index (κ2) is 4.58. The Morgan fingerprint density at radius 2 is 2.28 bits per heavy atom. The maximum absolute atomic E-state index is 9.75. The molecule has 1 aromatic heterocycles. The van der Waals surface area contributed by atoms with Gasteiger partial charge in [-0.3, -0.25) is 4.68 Å². The Morgan fingerprint density at radius 1 is 1.44 bits per heavy atom. The molecule has 0 saturated heterocycles. The number of fused-ring (bicyclic) bond motifs is 1. The quantitative estimate of drug-likeness (QED) is 0.895. The lowest BCUT2D eigenvalue weighted by Crippen LogP contribution is -2.22. The van der Waals surface area contributed by atoms with Gasteiger partial charge in [0, 0.05) is 24.2 Å². The number of hydrogen-bond acceptors (Lipinski definition) is 2. The van der Waals surface area contributed by atoms with Crippen molar-refractivity contribution < 1.29 is 5.11 Å². The standard InChI is InChI=1S/C15H18N2O/c1-2-15(18)13-8-16-17(10-13)9-12-7-11-5-3-4-6-14(11)12/h3-6,8,10,12,15,18H,2,7,9H2,1H3. The van der Waals surface area contributed by atoms with E-state index in [9.17, 15) is 5.11 Å². The Balaban J connectivity index is 1.70. The maximum Gasteiger partial charge on any atom is 0.0817 e. The summed E-state index contributed by atoms with van der Waals surface area (Å²) in [5.74, 6) is 0.577. The first-order valence-corrected chi connectivity index (χ1v) is 6.56. The fraction of sp³-hybridized carbons (Fsp3) is 0.400. The molecule has 2 unspecified atom stereocenters. The Labute approximate surface area is 107 Å². The van der Waals surface area contributed by atoms with Crippen LogP contribution >= 0.6 is 0 Å². The summed E-state index contributed by atoms with van der Waals surface area (Å²) in [6.45, 7) is 2.89. The summed E-state index contributed by atoms with van der Waals surface area (Å²) >= 11 is 0. The molecule has 0 aliphatic heterocycles. The molecule has 2 aromatic rings. The van der Waals surface area contributed by atoms with E-state index >= 15 is 0 Å². The summed E-state index contributed by atoms with van der Waals surface area (Å²) < 4.78 is 1.95. The second-order valence-electron chi connectivity index (χ2n) is 5.02. The van der Waals surface area contributed by atoms with Gasteiger partial charge in [-0.25, -0.2) is 0 Å². The van der Waals surface area contributed by atoms with E-state index in [1.54, 1.807) is 6.20 Å². The molecule has 1 aliphatic carbocycles. The predicted molar refractivity (Wildman–Crippen MR) is 70.4 cm³/mol. The Morgan fingerprint density at radius 3 is 3.06 bits per heavy atom. The van der Waals surface area contributed by atoms with Crippen molar-refractivity contribution in [2.24, 2.45) is 0 Å². The molecule has 0 radical (unpaired) electrons. The van der Waals surface area contributed by atoms with Gasteiger partial charge in [-0.1, -0.05) is 31.2 Å². The highest BCUT2D eigenvalue weighted by molar-refractivity contribution is 5.39. The molecule has 1 aromatic carbocycles. The Kier molecular flexibility index (Phi) is 2.92. The lowest BCUT2D eigenvalue weighted by atomic mass is 9.78. The summed E-state index contributed by atoms with van der Waals surface area (Å²) in [5, 5.41) is 14.1. The molecule has 3 nitrogen and oxygen atoms in total. The zero-order valence-electron chi connectivity index (χ0n) is 10.6. The highest BCUT2D eigenvalue weighted by Gasteiger charge is 2.25. The van der Waals surface area contributed by atoms with Gasteiger partial charge in [0.15, 0.2) is 0 Å². The molecule has 1 heterocycles. The minimum atomic E-state index is -0.382. The number of aliphatic hydroxyl groups is 1. The molecule has 1 N–H and O–H groups in total. The topological polar surface area (TPSA) is 38.1 Å². The number of rotatable bonds is 4. The number of benzene rings is 1. The maximum atomic E-state index is 9.75. The molecule has 0 amide bonds. The second-order valence-corrected chi connectivity index (χ2v) is 5.02. The van der Waals surface area contributed by atoms with Crippen LogP contribution in [0.2, 0.25) is 0 Å². The molecule has 3 rings (SSSR count). The normalized spacial score (nSPS) is 19.1. The van der Waals surface area contributed by atoms with E-state index in [0.29, 0.717) is 5.92 Å². The third kappa shape index (κ3) is 1.95. The van der Waals surface area contributed by atoms with Crippen molar-refractivity contribution in [3.63, 3.8) is 0 Å². The van der Waals surface area contributed by atoms with Crippen LogP contribution in [0.25, 0.3) is 0 Å². The van der Waals surface area contributed by atoms with Crippen molar-refractivity contribution in [3.05, 3.63) is 53.3 Å². The van der Waals surface area contributed by atoms with Crippen LogP contribution in [-0.4, -0.2) is 14.9 Å². The zero-order chi connectivity index (χ0) is 12.5. The molecule has 0 saturated carbocycles. The Hall–Kier alpha value is -1.61. The van der Waals surface area contributed by atoms with Gasteiger partial charge < -0.3 is 5.11 Å². The smallest absolute Gasteiger partial charge is 0.0817 e. The average Bonchev–Trinajstić information content (AvgIpc) is 2.84. The van der Waals surface area contributed by atoms with Crippen molar-refractivity contribution >= 4 is 0 Å².